The number of methoxy groups -OCH3 is 1. The van der Waals surface area contributed by atoms with Gasteiger partial charge in [0.25, 0.3) is 0 Å². The van der Waals surface area contributed by atoms with Crippen LogP contribution in [0.4, 0.5) is 16.4 Å². The highest BCUT2D eigenvalue weighted by Gasteiger charge is 2.04. The normalized spacial score (nSPS) is 10.0. The quantitative estimate of drug-likeness (QED) is 0.817. The minimum Gasteiger partial charge on any atom is -0.497 e. The van der Waals surface area contributed by atoms with Gasteiger partial charge >= 0.3 is 6.09 Å². The van der Waals surface area contributed by atoms with E-state index in [1.807, 2.05) is 24.3 Å². The lowest BCUT2D eigenvalue weighted by Gasteiger charge is -2.07. The Morgan fingerprint density at radius 2 is 1.96 bits per heavy atom. The van der Waals surface area contributed by atoms with Crippen LogP contribution >= 0.6 is 0 Å². The van der Waals surface area contributed by atoms with Crippen LogP contribution < -0.4 is 15.4 Å². The van der Waals surface area contributed by atoms with Gasteiger partial charge in [0.05, 0.1) is 13.7 Å². The second kappa shape index (κ2) is 8.57. The summed E-state index contributed by atoms with van der Waals surface area (Å²) in [7, 11) is 1.65. The van der Waals surface area contributed by atoms with Gasteiger partial charge in [-0.15, -0.1) is 10.2 Å². The average Bonchev–Trinajstić information content (AvgIpc) is 2.57. The molecule has 0 aliphatic rings. The molecule has 0 spiro atoms. The van der Waals surface area contributed by atoms with Crippen LogP contribution in [0, 0.1) is 0 Å². The van der Waals surface area contributed by atoms with Gasteiger partial charge in [-0.3, -0.25) is 5.32 Å². The van der Waals surface area contributed by atoms with Gasteiger partial charge in [-0.25, -0.2) is 4.79 Å². The van der Waals surface area contributed by atoms with Gasteiger partial charge in [-0.1, -0.05) is 12.1 Å². The summed E-state index contributed by atoms with van der Waals surface area (Å²) >= 11 is 0. The number of benzene rings is 1. The molecule has 1 amide bonds. The van der Waals surface area contributed by atoms with Crippen molar-refractivity contribution in [1.29, 1.82) is 0 Å². The highest BCUT2D eigenvalue weighted by atomic mass is 16.5. The number of ether oxygens (including phenoxy) is 2. The molecule has 2 rings (SSSR count). The van der Waals surface area contributed by atoms with Crippen LogP contribution in [0.1, 0.15) is 12.5 Å². The van der Waals surface area contributed by atoms with E-state index in [2.05, 4.69) is 20.8 Å². The molecular weight excluding hydrogens is 296 g/mol. The van der Waals surface area contributed by atoms with Crippen molar-refractivity contribution in [2.45, 2.75) is 13.3 Å². The van der Waals surface area contributed by atoms with Gasteiger partial charge < -0.3 is 14.8 Å². The zero-order valence-electron chi connectivity index (χ0n) is 13.2. The number of aromatic nitrogens is 2. The van der Waals surface area contributed by atoms with Crippen LogP contribution in [0.25, 0.3) is 0 Å². The molecule has 1 aromatic carbocycles. The van der Waals surface area contributed by atoms with Crippen LogP contribution in [0.3, 0.4) is 0 Å². The number of nitrogens with one attached hydrogen (secondary N) is 2. The second-order valence-corrected chi connectivity index (χ2v) is 4.68. The van der Waals surface area contributed by atoms with Gasteiger partial charge in [0.15, 0.2) is 5.82 Å². The van der Waals surface area contributed by atoms with Crippen molar-refractivity contribution >= 4 is 17.7 Å². The largest absolute Gasteiger partial charge is 0.497 e. The van der Waals surface area contributed by atoms with Crippen LogP contribution in [-0.2, 0) is 11.2 Å². The molecule has 7 nitrogen and oxygen atoms in total. The Bertz CT molecular complexity index is 631. The minimum atomic E-state index is -0.541. The Hall–Kier alpha value is -2.83. The third kappa shape index (κ3) is 5.46. The number of hydrogen-bond donors (Lipinski definition) is 2. The number of carbonyl (C=O) groups excluding carboxylic acids is 1. The fraction of sp³-hybridized carbons (Fsp3) is 0.312. The zero-order chi connectivity index (χ0) is 16.5. The SMILES string of the molecule is CCOC(=O)Nc1ccc(NCCc2cccc(OC)c2)nn1. The monoisotopic (exact) mass is 316 g/mol. The highest BCUT2D eigenvalue weighted by Crippen LogP contribution is 2.13. The first-order chi connectivity index (χ1) is 11.2. The molecule has 0 radical (unpaired) electrons. The fourth-order valence-electron chi connectivity index (χ4n) is 1.93. The molecule has 122 valence electrons. The molecule has 0 unspecified atom stereocenters. The lowest BCUT2D eigenvalue weighted by Crippen LogP contribution is -2.15. The maximum atomic E-state index is 11.3. The number of anilines is 2. The number of hydrogen-bond acceptors (Lipinski definition) is 6. The maximum absolute atomic E-state index is 11.3. The zero-order valence-corrected chi connectivity index (χ0v) is 13.2. The van der Waals surface area contributed by atoms with Crippen molar-refractivity contribution in [2.24, 2.45) is 0 Å². The summed E-state index contributed by atoms with van der Waals surface area (Å²) in [4.78, 5) is 11.3. The molecule has 0 bridgehead atoms. The van der Waals surface area contributed by atoms with Crippen molar-refractivity contribution in [3.05, 3.63) is 42.0 Å². The lowest BCUT2D eigenvalue weighted by molar-refractivity contribution is 0.168. The van der Waals surface area contributed by atoms with Crippen LogP contribution in [0.15, 0.2) is 36.4 Å². The number of rotatable bonds is 7. The summed E-state index contributed by atoms with van der Waals surface area (Å²) in [6.07, 6.45) is 0.294. The topological polar surface area (TPSA) is 85.4 Å². The van der Waals surface area contributed by atoms with Crippen LogP contribution in [-0.4, -0.2) is 36.6 Å². The van der Waals surface area contributed by atoms with E-state index in [0.717, 1.165) is 12.2 Å². The summed E-state index contributed by atoms with van der Waals surface area (Å²) in [5.41, 5.74) is 1.17. The first-order valence-corrected chi connectivity index (χ1v) is 7.35. The summed E-state index contributed by atoms with van der Waals surface area (Å²) in [5, 5.41) is 13.6. The molecule has 7 heteroatoms. The summed E-state index contributed by atoms with van der Waals surface area (Å²) in [6, 6.07) is 11.3. The molecule has 0 atom stereocenters. The number of carbonyl (C=O) groups is 1. The van der Waals surface area contributed by atoms with E-state index < -0.39 is 6.09 Å². The van der Waals surface area contributed by atoms with E-state index in [1.165, 1.54) is 5.56 Å². The molecule has 1 aromatic heterocycles. The predicted molar refractivity (Wildman–Crippen MR) is 87.9 cm³/mol. The molecular formula is C16H20N4O3. The average molecular weight is 316 g/mol. The van der Waals surface area contributed by atoms with E-state index >= 15 is 0 Å². The lowest BCUT2D eigenvalue weighted by atomic mass is 10.1. The van der Waals surface area contributed by atoms with Crippen molar-refractivity contribution in [1.82, 2.24) is 10.2 Å². The second-order valence-electron chi connectivity index (χ2n) is 4.68. The molecule has 1 heterocycles. The highest BCUT2D eigenvalue weighted by molar-refractivity contribution is 5.83. The van der Waals surface area contributed by atoms with E-state index in [-0.39, 0.29) is 0 Å². The first-order valence-electron chi connectivity index (χ1n) is 7.35. The summed E-state index contributed by atoms with van der Waals surface area (Å²) < 4.78 is 9.96. The molecule has 0 fully saturated rings. The molecule has 0 aliphatic carbocycles. The molecule has 23 heavy (non-hydrogen) atoms. The Morgan fingerprint density at radius 3 is 2.65 bits per heavy atom. The van der Waals surface area contributed by atoms with Crippen molar-refractivity contribution in [3.8, 4) is 5.75 Å². The number of nitrogens with zero attached hydrogens (tertiary/aromatic N) is 2. The van der Waals surface area contributed by atoms with Crippen LogP contribution in [0.5, 0.6) is 5.75 Å². The van der Waals surface area contributed by atoms with E-state index in [1.54, 1.807) is 26.2 Å². The summed E-state index contributed by atoms with van der Waals surface area (Å²) in [6.45, 7) is 2.76. The standard InChI is InChI=1S/C16H20N4O3/c1-3-23-16(21)18-15-8-7-14(19-20-15)17-10-9-12-5-4-6-13(11-12)22-2/h4-8,11H,3,9-10H2,1-2H3,(H,17,19)(H,18,20,21). The fourth-order valence-corrected chi connectivity index (χ4v) is 1.93. The van der Waals surface area contributed by atoms with Crippen molar-refractivity contribution < 1.29 is 14.3 Å². The molecule has 2 aromatic rings. The smallest absolute Gasteiger partial charge is 0.412 e. The first kappa shape index (κ1) is 16.5. The molecule has 0 saturated heterocycles. The van der Waals surface area contributed by atoms with E-state index in [4.69, 9.17) is 9.47 Å². The minimum absolute atomic E-state index is 0.309. The third-order valence-corrected chi connectivity index (χ3v) is 3.02. The van der Waals surface area contributed by atoms with Gasteiger partial charge in [-0.2, -0.15) is 0 Å². The maximum Gasteiger partial charge on any atom is 0.412 e. The van der Waals surface area contributed by atoms with E-state index in [0.29, 0.717) is 24.8 Å². The van der Waals surface area contributed by atoms with Crippen molar-refractivity contribution in [3.63, 3.8) is 0 Å². The Morgan fingerprint density at radius 1 is 1.17 bits per heavy atom. The van der Waals surface area contributed by atoms with Crippen LogP contribution in [0.2, 0.25) is 0 Å². The van der Waals surface area contributed by atoms with Crippen molar-refractivity contribution in [2.75, 3.05) is 30.9 Å². The van der Waals surface area contributed by atoms with Gasteiger partial charge in [0, 0.05) is 6.54 Å². The molecule has 0 aliphatic heterocycles. The Kier molecular flexibility index (Phi) is 6.17. The third-order valence-electron chi connectivity index (χ3n) is 3.02. The van der Waals surface area contributed by atoms with Gasteiger partial charge in [-0.05, 0) is 43.2 Å². The summed E-state index contributed by atoms with van der Waals surface area (Å²) in [5.74, 6) is 1.83. The predicted octanol–water partition coefficient (Wildman–Crippen LogP) is 2.71. The Balaban J connectivity index is 1.80. The van der Waals surface area contributed by atoms with E-state index in [9.17, 15) is 4.79 Å². The van der Waals surface area contributed by atoms with Gasteiger partial charge in [0.2, 0.25) is 0 Å². The molecule has 2 N–H and O–H groups in total. The van der Waals surface area contributed by atoms with Gasteiger partial charge in [0.1, 0.15) is 11.6 Å². The number of amides is 1. The molecule has 0 saturated carbocycles. The Labute approximate surface area is 135 Å².